The Bertz CT molecular complexity index is 171. The van der Waals surface area contributed by atoms with E-state index in [1.54, 1.807) is 0 Å². The number of likely N-dealkylation sites (N-methyl/N-ethyl adjacent to an activating group) is 1. The van der Waals surface area contributed by atoms with Crippen LogP contribution in [0.25, 0.3) is 0 Å². The quantitative estimate of drug-likeness (QED) is 0.641. The Balaban J connectivity index is 0.000000791. The lowest BCUT2D eigenvalue weighted by Gasteiger charge is -2.37. The van der Waals surface area contributed by atoms with Crippen molar-refractivity contribution in [3.8, 4) is 0 Å². The van der Waals surface area contributed by atoms with Gasteiger partial charge in [-0.3, -0.25) is 4.79 Å². The van der Waals surface area contributed by atoms with Gasteiger partial charge in [-0.05, 0) is 14.0 Å². The lowest BCUT2D eigenvalue weighted by Crippen LogP contribution is -2.51. The molecule has 0 aromatic heterocycles. The third kappa shape index (κ3) is 3.66. The highest BCUT2D eigenvalue weighted by atomic mass is 16.2. The summed E-state index contributed by atoms with van der Waals surface area (Å²) in [6.45, 7) is 10.9. The van der Waals surface area contributed by atoms with E-state index in [9.17, 15) is 4.79 Å². The van der Waals surface area contributed by atoms with Crippen LogP contribution >= 0.6 is 0 Å². The van der Waals surface area contributed by atoms with Crippen molar-refractivity contribution in [2.45, 2.75) is 40.2 Å². The number of rotatable bonds is 1. The second-order valence-corrected chi connectivity index (χ2v) is 3.52. The molecule has 0 N–H and O–H groups in total. The summed E-state index contributed by atoms with van der Waals surface area (Å²) >= 11 is 0. The molecule has 84 valence electrons. The molecule has 1 aliphatic rings. The van der Waals surface area contributed by atoms with Gasteiger partial charge >= 0.3 is 0 Å². The normalized spacial score (nSPS) is 22.6. The van der Waals surface area contributed by atoms with Gasteiger partial charge < -0.3 is 9.80 Å². The van der Waals surface area contributed by atoms with Crippen molar-refractivity contribution in [3.63, 3.8) is 0 Å². The summed E-state index contributed by atoms with van der Waals surface area (Å²) in [5.74, 6) is 0.287. The van der Waals surface area contributed by atoms with Gasteiger partial charge in [0, 0.05) is 32.1 Å². The van der Waals surface area contributed by atoms with Gasteiger partial charge in [-0.1, -0.05) is 20.8 Å². The number of piperazine rings is 1. The molecule has 3 heteroatoms. The molecule has 1 heterocycles. The second-order valence-electron chi connectivity index (χ2n) is 3.52. The molecule has 0 aromatic rings. The Kier molecular flexibility index (Phi) is 6.54. The van der Waals surface area contributed by atoms with Gasteiger partial charge in [0.2, 0.25) is 5.91 Å². The monoisotopic (exact) mass is 200 g/mol. The molecule has 0 bridgehead atoms. The van der Waals surface area contributed by atoms with Gasteiger partial charge in [-0.15, -0.1) is 0 Å². The molecule has 0 spiro atoms. The first-order chi connectivity index (χ1) is 6.65. The van der Waals surface area contributed by atoms with E-state index in [0.717, 1.165) is 19.6 Å². The van der Waals surface area contributed by atoms with E-state index in [1.807, 2.05) is 25.7 Å². The zero-order valence-electron chi connectivity index (χ0n) is 10.2. The van der Waals surface area contributed by atoms with E-state index in [2.05, 4.69) is 18.9 Å². The minimum absolute atomic E-state index is 0.287. The molecule has 0 radical (unpaired) electrons. The summed E-state index contributed by atoms with van der Waals surface area (Å²) in [7, 11) is 2.11. The Morgan fingerprint density at radius 1 is 1.36 bits per heavy atom. The maximum Gasteiger partial charge on any atom is 0.222 e. The average Bonchev–Trinajstić information content (AvgIpc) is 2.24. The van der Waals surface area contributed by atoms with Crippen molar-refractivity contribution in [2.24, 2.45) is 0 Å². The van der Waals surface area contributed by atoms with Crippen LogP contribution in [0, 0.1) is 0 Å². The smallest absolute Gasteiger partial charge is 0.222 e. The van der Waals surface area contributed by atoms with Crippen LogP contribution in [0.5, 0.6) is 0 Å². The van der Waals surface area contributed by atoms with Crippen molar-refractivity contribution in [1.29, 1.82) is 0 Å². The molecule has 1 saturated heterocycles. The van der Waals surface area contributed by atoms with Crippen molar-refractivity contribution < 1.29 is 4.79 Å². The summed E-state index contributed by atoms with van der Waals surface area (Å²) in [4.78, 5) is 15.6. The fraction of sp³-hybridized carbons (Fsp3) is 0.909. The predicted octanol–water partition coefficient (Wildman–Crippen LogP) is 1.59. The first-order valence-electron chi connectivity index (χ1n) is 5.63. The fourth-order valence-electron chi connectivity index (χ4n) is 1.50. The molecular formula is C11H24N2O. The molecule has 0 saturated carbocycles. The predicted molar refractivity (Wildman–Crippen MR) is 60.3 cm³/mol. The summed E-state index contributed by atoms with van der Waals surface area (Å²) in [5.41, 5.74) is 0. The SMILES string of the molecule is CC.CCC(=O)N1CCN(C)[C@@H](C)C1. The highest BCUT2D eigenvalue weighted by Gasteiger charge is 2.22. The summed E-state index contributed by atoms with van der Waals surface area (Å²) in [6.07, 6.45) is 0.635. The van der Waals surface area contributed by atoms with Crippen molar-refractivity contribution in [2.75, 3.05) is 26.7 Å². The van der Waals surface area contributed by atoms with Crippen molar-refractivity contribution in [1.82, 2.24) is 9.80 Å². The highest BCUT2D eigenvalue weighted by molar-refractivity contribution is 5.75. The first kappa shape index (κ1) is 13.4. The van der Waals surface area contributed by atoms with Crippen LogP contribution in [0.1, 0.15) is 34.1 Å². The summed E-state index contributed by atoms with van der Waals surface area (Å²) < 4.78 is 0. The molecule has 3 nitrogen and oxygen atoms in total. The molecule has 1 aliphatic heterocycles. The van der Waals surface area contributed by atoms with Crippen molar-refractivity contribution >= 4 is 5.91 Å². The van der Waals surface area contributed by atoms with E-state index in [1.165, 1.54) is 0 Å². The van der Waals surface area contributed by atoms with Crippen LogP contribution in [0.3, 0.4) is 0 Å². The van der Waals surface area contributed by atoms with Gasteiger partial charge in [0.1, 0.15) is 0 Å². The van der Waals surface area contributed by atoms with Crippen LogP contribution in [0.2, 0.25) is 0 Å². The molecule has 1 rings (SSSR count). The van der Waals surface area contributed by atoms with Crippen molar-refractivity contribution in [3.05, 3.63) is 0 Å². The molecule has 1 fully saturated rings. The lowest BCUT2D eigenvalue weighted by atomic mass is 10.2. The van der Waals surface area contributed by atoms with E-state index in [-0.39, 0.29) is 5.91 Å². The Labute approximate surface area is 88.1 Å². The highest BCUT2D eigenvalue weighted by Crippen LogP contribution is 2.07. The van der Waals surface area contributed by atoms with Crippen LogP contribution < -0.4 is 0 Å². The fourth-order valence-corrected chi connectivity index (χ4v) is 1.50. The number of hydrogen-bond donors (Lipinski definition) is 0. The van der Waals surface area contributed by atoms with E-state index in [4.69, 9.17) is 0 Å². The topological polar surface area (TPSA) is 23.6 Å². The summed E-state index contributed by atoms with van der Waals surface area (Å²) in [6, 6.07) is 0.509. The third-order valence-corrected chi connectivity index (χ3v) is 2.61. The number of hydrogen-bond acceptors (Lipinski definition) is 2. The number of carbonyl (C=O) groups is 1. The number of nitrogens with zero attached hydrogens (tertiary/aromatic N) is 2. The number of carbonyl (C=O) groups excluding carboxylic acids is 1. The van der Waals surface area contributed by atoms with Crippen LogP contribution in [0.4, 0.5) is 0 Å². The summed E-state index contributed by atoms with van der Waals surface area (Å²) in [5, 5.41) is 0. The molecule has 1 amide bonds. The maximum atomic E-state index is 11.3. The van der Waals surface area contributed by atoms with E-state index < -0.39 is 0 Å². The Hall–Kier alpha value is -0.570. The van der Waals surface area contributed by atoms with Gasteiger partial charge in [-0.2, -0.15) is 0 Å². The minimum atomic E-state index is 0.287. The Morgan fingerprint density at radius 3 is 2.36 bits per heavy atom. The van der Waals surface area contributed by atoms with E-state index >= 15 is 0 Å². The molecule has 14 heavy (non-hydrogen) atoms. The molecule has 0 aromatic carbocycles. The lowest BCUT2D eigenvalue weighted by molar-refractivity contribution is -0.133. The van der Waals surface area contributed by atoms with Crippen LogP contribution in [-0.4, -0.2) is 48.4 Å². The maximum absolute atomic E-state index is 11.3. The van der Waals surface area contributed by atoms with Gasteiger partial charge in [-0.25, -0.2) is 0 Å². The molecular weight excluding hydrogens is 176 g/mol. The zero-order valence-corrected chi connectivity index (χ0v) is 10.2. The standard InChI is InChI=1S/C9H18N2O.C2H6/c1-4-9(12)11-6-5-10(3)8(2)7-11;1-2/h8H,4-7H2,1-3H3;1-2H3/t8-;/m0./s1. The average molecular weight is 200 g/mol. The molecule has 0 unspecified atom stereocenters. The molecule has 1 atom stereocenters. The Morgan fingerprint density at radius 2 is 1.93 bits per heavy atom. The van der Waals surface area contributed by atoms with Gasteiger partial charge in [0.25, 0.3) is 0 Å². The minimum Gasteiger partial charge on any atom is -0.340 e. The first-order valence-corrected chi connectivity index (χ1v) is 5.63. The van der Waals surface area contributed by atoms with E-state index in [0.29, 0.717) is 12.5 Å². The number of amides is 1. The van der Waals surface area contributed by atoms with Crippen LogP contribution in [0.15, 0.2) is 0 Å². The van der Waals surface area contributed by atoms with Gasteiger partial charge in [0.05, 0.1) is 0 Å². The second kappa shape index (κ2) is 6.82. The van der Waals surface area contributed by atoms with Gasteiger partial charge in [0.15, 0.2) is 0 Å². The zero-order chi connectivity index (χ0) is 11.1. The third-order valence-electron chi connectivity index (χ3n) is 2.61. The molecule has 0 aliphatic carbocycles. The largest absolute Gasteiger partial charge is 0.340 e. The van der Waals surface area contributed by atoms with Crippen LogP contribution in [-0.2, 0) is 4.79 Å².